The normalized spacial score (nSPS) is 11.5. The predicted octanol–water partition coefficient (Wildman–Crippen LogP) is 4.92. The molecule has 0 aliphatic carbocycles. The Morgan fingerprint density at radius 2 is 1.78 bits per heavy atom. The van der Waals surface area contributed by atoms with Crippen LogP contribution >= 0.6 is 11.3 Å². The molecule has 4 aromatic rings. The van der Waals surface area contributed by atoms with Crippen LogP contribution < -0.4 is 15.5 Å². The molecule has 0 fully saturated rings. The lowest BCUT2D eigenvalue weighted by atomic mass is 9.99. The standard InChI is InChI=1S/C28H26FN3O4S/c1-18-8-5-12-23(19(18)2)32(25(33)17-31-27(34)24-13-7-15-37-24)26(21-10-3-4-11-22(21)29)28(35)30-16-20-9-6-14-36-20/h3-15,26H,16-17H2,1-2H3,(H,30,35)(H,31,34). The van der Waals surface area contributed by atoms with E-state index in [1.807, 2.05) is 19.9 Å². The summed E-state index contributed by atoms with van der Waals surface area (Å²) < 4.78 is 20.4. The average molecular weight is 520 g/mol. The molecule has 9 heteroatoms. The van der Waals surface area contributed by atoms with Crippen molar-refractivity contribution in [3.05, 3.63) is 112 Å². The van der Waals surface area contributed by atoms with Gasteiger partial charge in [0.05, 0.1) is 24.2 Å². The van der Waals surface area contributed by atoms with Gasteiger partial charge in [-0.3, -0.25) is 19.3 Å². The Morgan fingerprint density at radius 3 is 2.49 bits per heavy atom. The molecule has 4 rings (SSSR count). The van der Waals surface area contributed by atoms with Crippen LogP contribution in [-0.4, -0.2) is 24.3 Å². The van der Waals surface area contributed by atoms with Gasteiger partial charge in [-0.15, -0.1) is 11.3 Å². The number of aryl methyl sites for hydroxylation is 1. The molecule has 2 aromatic heterocycles. The molecule has 1 atom stereocenters. The highest BCUT2D eigenvalue weighted by molar-refractivity contribution is 7.12. The van der Waals surface area contributed by atoms with Gasteiger partial charge in [-0.05, 0) is 60.7 Å². The van der Waals surface area contributed by atoms with E-state index < -0.39 is 29.6 Å². The number of carbonyl (C=O) groups is 3. The van der Waals surface area contributed by atoms with E-state index in [0.717, 1.165) is 11.1 Å². The summed E-state index contributed by atoms with van der Waals surface area (Å²) in [6.07, 6.45) is 1.48. The van der Waals surface area contributed by atoms with Crippen LogP contribution in [0.15, 0.2) is 82.8 Å². The zero-order chi connectivity index (χ0) is 26.4. The van der Waals surface area contributed by atoms with Crippen molar-refractivity contribution in [3.8, 4) is 0 Å². The lowest BCUT2D eigenvalue weighted by Crippen LogP contribution is -2.48. The number of furan rings is 1. The second-order valence-electron chi connectivity index (χ2n) is 8.36. The molecular weight excluding hydrogens is 493 g/mol. The van der Waals surface area contributed by atoms with Crippen molar-refractivity contribution in [1.29, 1.82) is 0 Å². The predicted molar refractivity (Wildman–Crippen MR) is 140 cm³/mol. The monoisotopic (exact) mass is 519 g/mol. The average Bonchev–Trinajstić information content (AvgIpc) is 3.62. The third-order valence-electron chi connectivity index (χ3n) is 5.97. The topological polar surface area (TPSA) is 91.7 Å². The SMILES string of the molecule is Cc1cccc(N(C(=O)CNC(=O)c2cccs2)C(C(=O)NCc2ccco2)c2ccccc2F)c1C. The minimum atomic E-state index is -1.34. The first-order chi connectivity index (χ1) is 17.9. The quantitative estimate of drug-likeness (QED) is 0.329. The summed E-state index contributed by atoms with van der Waals surface area (Å²) >= 11 is 1.25. The van der Waals surface area contributed by atoms with Gasteiger partial charge in [-0.2, -0.15) is 0 Å². The number of halogens is 1. The summed E-state index contributed by atoms with van der Waals surface area (Å²) in [7, 11) is 0. The highest BCUT2D eigenvalue weighted by Gasteiger charge is 2.35. The zero-order valence-electron chi connectivity index (χ0n) is 20.4. The second kappa shape index (κ2) is 11.7. The summed E-state index contributed by atoms with van der Waals surface area (Å²) in [5.74, 6) is -1.70. The fourth-order valence-corrected chi connectivity index (χ4v) is 4.57. The molecule has 0 spiro atoms. The van der Waals surface area contributed by atoms with E-state index in [-0.39, 0.29) is 18.7 Å². The second-order valence-corrected chi connectivity index (χ2v) is 9.31. The molecule has 2 aromatic carbocycles. The van der Waals surface area contributed by atoms with Crippen LogP contribution in [0.25, 0.3) is 0 Å². The molecule has 2 N–H and O–H groups in total. The number of carbonyl (C=O) groups excluding carboxylic acids is 3. The molecule has 0 aliphatic heterocycles. The number of amides is 3. The van der Waals surface area contributed by atoms with Gasteiger partial charge < -0.3 is 15.1 Å². The van der Waals surface area contributed by atoms with Crippen LogP contribution in [-0.2, 0) is 16.1 Å². The molecule has 0 radical (unpaired) electrons. The van der Waals surface area contributed by atoms with Gasteiger partial charge in [0.1, 0.15) is 17.6 Å². The summed E-state index contributed by atoms with van der Waals surface area (Å²) in [5, 5.41) is 7.14. The fraction of sp³-hybridized carbons (Fsp3) is 0.179. The van der Waals surface area contributed by atoms with E-state index in [4.69, 9.17) is 4.42 Å². The first kappa shape index (κ1) is 25.8. The molecule has 1 unspecified atom stereocenters. The number of hydrogen-bond acceptors (Lipinski definition) is 5. The summed E-state index contributed by atoms with van der Waals surface area (Å²) in [6, 6.07) is 16.6. The van der Waals surface area contributed by atoms with Crippen LogP contribution in [0.1, 0.15) is 38.2 Å². The van der Waals surface area contributed by atoms with E-state index in [9.17, 15) is 14.4 Å². The number of benzene rings is 2. The van der Waals surface area contributed by atoms with Crippen molar-refractivity contribution in [2.75, 3.05) is 11.4 Å². The highest BCUT2D eigenvalue weighted by atomic mass is 32.1. The van der Waals surface area contributed by atoms with Gasteiger partial charge in [-0.25, -0.2) is 4.39 Å². The van der Waals surface area contributed by atoms with Crippen molar-refractivity contribution in [1.82, 2.24) is 10.6 Å². The summed E-state index contributed by atoms with van der Waals surface area (Å²) in [4.78, 5) is 41.6. The number of anilines is 1. The van der Waals surface area contributed by atoms with Gasteiger partial charge in [0, 0.05) is 11.3 Å². The molecule has 3 amide bonds. The lowest BCUT2D eigenvalue weighted by Gasteiger charge is -2.33. The minimum absolute atomic E-state index is 0.0262. The molecule has 0 saturated carbocycles. The van der Waals surface area contributed by atoms with Gasteiger partial charge in [-0.1, -0.05) is 36.4 Å². The lowest BCUT2D eigenvalue weighted by molar-refractivity contribution is -0.126. The minimum Gasteiger partial charge on any atom is -0.467 e. The zero-order valence-corrected chi connectivity index (χ0v) is 21.2. The van der Waals surface area contributed by atoms with E-state index in [1.165, 1.54) is 40.7 Å². The number of rotatable bonds is 9. The Hall–Kier alpha value is -4.24. The Kier molecular flexibility index (Phi) is 8.15. The molecule has 190 valence electrons. The Bertz CT molecular complexity index is 1390. The van der Waals surface area contributed by atoms with Crippen LogP contribution in [0.4, 0.5) is 10.1 Å². The molecule has 0 saturated heterocycles. The van der Waals surface area contributed by atoms with E-state index in [0.29, 0.717) is 16.3 Å². The molecule has 7 nitrogen and oxygen atoms in total. The van der Waals surface area contributed by atoms with E-state index in [1.54, 1.807) is 47.8 Å². The number of thiophene rings is 1. The maximum atomic E-state index is 15.1. The van der Waals surface area contributed by atoms with E-state index >= 15 is 4.39 Å². The van der Waals surface area contributed by atoms with Crippen molar-refractivity contribution in [2.45, 2.75) is 26.4 Å². The molecule has 37 heavy (non-hydrogen) atoms. The summed E-state index contributed by atoms with van der Waals surface area (Å²) in [6.45, 7) is 3.38. The van der Waals surface area contributed by atoms with Crippen molar-refractivity contribution in [3.63, 3.8) is 0 Å². The maximum Gasteiger partial charge on any atom is 0.261 e. The smallest absolute Gasteiger partial charge is 0.261 e. The molecular formula is C28H26FN3O4S. The van der Waals surface area contributed by atoms with Crippen molar-refractivity contribution in [2.24, 2.45) is 0 Å². The van der Waals surface area contributed by atoms with Crippen LogP contribution in [0, 0.1) is 19.7 Å². The van der Waals surface area contributed by atoms with Gasteiger partial charge in [0.2, 0.25) is 11.8 Å². The third kappa shape index (κ3) is 5.95. The molecule has 0 aliphatic rings. The van der Waals surface area contributed by atoms with Crippen molar-refractivity contribution >= 4 is 34.7 Å². The van der Waals surface area contributed by atoms with E-state index in [2.05, 4.69) is 10.6 Å². The van der Waals surface area contributed by atoms with Crippen molar-refractivity contribution < 1.29 is 23.2 Å². The number of hydrogen-bond donors (Lipinski definition) is 2. The number of nitrogens with zero attached hydrogens (tertiary/aromatic N) is 1. The molecule has 2 heterocycles. The van der Waals surface area contributed by atoms with Gasteiger partial charge >= 0.3 is 0 Å². The maximum absolute atomic E-state index is 15.1. The third-order valence-corrected chi connectivity index (χ3v) is 6.84. The Labute approximate surface area is 217 Å². The summed E-state index contributed by atoms with van der Waals surface area (Å²) in [5.41, 5.74) is 2.11. The largest absolute Gasteiger partial charge is 0.467 e. The first-order valence-electron chi connectivity index (χ1n) is 11.6. The fourth-order valence-electron chi connectivity index (χ4n) is 3.93. The first-order valence-corrected chi connectivity index (χ1v) is 12.5. The molecule has 0 bridgehead atoms. The number of nitrogens with one attached hydrogen (secondary N) is 2. The van der Waals surface area contributed by atoms with Gasteiger partial charge in [0.25, 0.3) is 5.91 Å². The van der Waals surface area contributed by atoms with Crippen LogP contribution in [0.3, 0.4) is 0 Å². The van der Waals surface area contributed by atoms with Gasteiger partial charge in [0.15, 0.2) is 0 Å². The van der Waals surface area contributed by atoms with Crippen LogP contribution in [0.5, 0.6) is 0 Å². The Morgan fingerprint density at radius 1 is 0.973 bits per heavy atom. The van der Waals surface area contributed by atoms with Crippen LogP contribution in [0.2, 0.25) is 0 Å². The Balaban J connectivity index is 1.73. The highest BCUT2D eigenvalue weighted by Crippen LogP contribution is 2.33.